The lowest BCUT2D eigenvalue weighted by Crippen LogP contribution is -2.41. The van der Waals surface area contributed by atoms with Gasteiger partial charge in [0, 0.05) is 49.1 Å². The Labute approximate surface area is 163 Å². The molecule has 3 aromatic rings. The van der Waals surface area contributed by atoms with Crippen LogP contribution >= 0.6 is 11.6 Å². The first-order chi connectivity index (χ1) is 13.2. The van der Waals surface area contributed by atoms with Crippen LogP contribution in [0.4, 0.5) is 17.5 Å². The number of likely N-dealkylation sites (tertiary alicyclic amines) is 1. The number of H-pyrrole nitrogens is 1. The Bertz CT molecular complexity index is 902. The van der Waals surface area contributed by atoms with E-state index in [0.29, 0.717) is 23.6 Å². The van der Waals surface area contributed by atoms with Gasteiger partial charge in [-0.25, -0.2) is 0 Å². The Morgan fingerprint density at radius 2 is 2.07 bits per heavy atom. The molecule has 142 valence electrons. The number of rotatable bonds is 6. The molecular weight excluding hydrogens is 362 g/mol. The monoisotopic (exact) mass is 385 g/mol. The number of nitrogens with zero attached hydrogens (tertiary/aromatic N) is 3. The van der Waals surface area contributed by atoms with Crippen LogP contribution in [0.25, 0.3) is 11.0 Å². The van der Waals surface area contributed by atoms with Gasteiger partial charge in [-0.1, -0.05) is 17.7 Å². The molecule has 0 unspecified atom stereocenters. The predicted octanol–water partition coefficient (Wildman–Crippen LogP) is 3.19. The number of hydrogen-bond donors (Lipinski definition) is 4. The van der Waals surface area contributed by atoms with Crippen molar-refractivity contribution in [3.63, 3.8) is 0 Å². The normalized spacial score (nSPS) is 15.9. The molecule has 4 rings (SSSR count). The number of anilines is 3. The van der Waals surface area contributed by atoms with Gasteiger partial charge in [0.05, 0.1) is 5.39 Å². The molecule has 8 heteroatoms. The lowest BCUT2D eigenvalue weighted by atomic mass is 10.0. The summed E-state index contributed by atoms with van der Waals surface area (Å²) in [5.41, 5.74) is 7.32. The lowest BCUT2D eigenvalue weighted by Gasteiger charge is -2.32. The first-order valence-corrected chi connectivity index (χ1v) is 9.66. The zero-order valence-corrected chi connectivity index (χ0v) is 15.8. The summed E-state index contributed by atoms with van der Waals surface area (Å²) in [4.78, 5) is 14.9. The minimum absolute atomic E-state index is 0.394. The fraction of sp³-hybridized carbons (Fsp3) is 0.368. The topological polar surface area (TPSA) is 94.9 Å². The second kappa shape index (κ2) is 8.12. The highest BCUT2D eigenvalue weighted by Crippen LogP contribution is 2.26. The lowest BCUT2D eigenvalue weighted by molar-refractivity contribution is 0.224. The van der Waals surface area contributed by atoms with Crippen molar-refractivity contribution in [2.24, 2.45) is 5.73 Å². The van der Waals surface area contributed by atoms with E-state index in [1.54, 1.807) is 0 Å². The van der Waals surface area contributed by atoms with Crippen molar-refractivity contribution in [3.8, 4) is 0 Å². The number of fused-ring (bicyclic) bond motifs is 1. The molecular formula is C19H24ClN7. The molecule has 27 heavy (non-hydrogen) atoms. The van der Waals surface area contributed by atoms with Crippen LogP contribution in [0.15, 0.2) is 36.5 Å². The van der Waals surface area contributed by atoms with Crippen LogP contribution in [0, 0.1) is 0 Å². The number of piperidine rings is 1. The van der Waals surface area contributed by atoms with Crippen LogP contribution in [-0.4, -0.2) is 52.1 Å². The maximum atomic E-state index is 6.07. The Balaban J connectivity index is 1.52. The third-order valence-electron chi connectivity index (χ3n) is 4.87. The molecule has 0 saturated carbocycles. The van der Waals surface area contributed by atoms with Gasteiger partial charge in [-0.3, -0.25) is 0 Å². The van der Waals surface area contributed by atoms with Crippen molar-refractivity contribution in [2.75, 3.05) is 36.8 Å². The molecule has 0 spiro atoms. The number of aromatic nitrogens is 3. The Kier molecular flexibility index (Phi) is 5.42. The molecule has 1 aliphatic heterocycles. The van der Waals surface area contributed by atoms with E-state index in [0.717, 1.165) is 55.0 Å². The van der Waals surface area contributed by atoms with Gasteiger partial charge in [0.15, 0.2) is 0 Å². The summed E-state index contributed by atoms with van der Waals surface area (Å²) < 4.78 is 0. The van der Waals surface area contributed by atoms with Crippen LogP contribution in [0.5, 0.6) is 0 Å². The summed E-state index contributed by atoms with van der Waals surface area (Å²) >= 11 is 6.07. The summed E-state index contributed by atoms with van der Waals surface area (Å²) in [7, 11) is 0. The van der Waals surface area contributed by atoms with Crippen molar-refractivity contribution in [1.82, 2.24) is 19.9 Å². The summed E-state index contributed by atoms with van der Waals surface area (Å²) in [6, 6.07) is 9.92. The molecule has 5 N–H and O–H groups in total. The van der Waals surface area contributed by atoms with Crippen molar-refractivity contribution in [3.05, 3.63) is 41.6 Å². The van der Waals surface area contributed by atoms with E-state index in [-0.39, 0.29) is 0 Å². The maximum absolute atomic E-state index is 6.07. The minimum Gasteiger partial charge on any atom is -0.367 e. The third kappa shape index (κ3) is 4.32. The van der Waals surface area contributed by atoms with Crippen LogP contribution in [0.3, 0.4) is 0 Å². The van der Waals surface area contributed by atoms with Crippen LogP contribution in [-0.2, 0) is 0 Å². The molecule has 1 aliphatic rings. The number of nitrogens with one attached hydrogen (secondary N) is 3. The molecule has 0 bridgehead atoms. The molecule has 0 amide bonds. The molecule has 1 fully saturated rings. The van der Waals surface area contributed by atoms with Gasteiger partial charge in [0.2, 0.25) is 5.95 Å². The zero-order chi connectivity index (χ0) is 18.6. The van der Waals surface area contributed by atoms with E-state index < -0.39 is 0 Å². The maximum Gasteiger partial charge on any atom is 0.231 e. The molecule has 1 saturated heterocycles. The zero-order valence-electron chi connectivity index (χ0n) is 15.1. The molecule has 7 nitrogen and oxygen atoms in total. The fourth-order valence-electron chi connectivity index (χ4n) is 3.48. The minimum atomic E-state index is 0.394. The van der Waals surface area contributed by atoms with E-state index in [4.69, 9.17) is 22.3 Å². The predicted molar refractivity (Wildman–Crippen MR) is 111 cm³/mol. The molecule has 0 aliphatic carbocycles. The summed E-state index contributed by atoms with van der Waals surface area (Å²) in [6.45, 7) is 3.80. The molecule has 0 radical (unpaired) electrons. The van der Waals surface area contributed by atoms with E-state index in [1.807, 2.05) is 36.5 Å². The Morgan fingerprint density at radius 1 is 1.22 bits per heavy atom. The summed E-state index contributed by atoms with van der Waals surface area (Å²) in [6.07, 6.45) is 4.04. The van der Waals surface area contributed by atoms with Crippen LogP contribution in [0.1, 0.15) is 12.8 Å². The van der Waals surface area contributed by atoms with E-state index in [2.05, 4.69) is 25.5 Å². The molecule has 1 aromatic carbocycles. The van der Waals surface area contributed by atoms with Crippen molar-refractivity contribution in [2.45, 2.75) is 18.9 Å². The largest absolute Gasteiger partial charge is 0.367 e. The average molecular weight is 386 g/mol. The highest BCUT2D eigenvalue weighted by atomic mass is 35.5. The smallest absolute Gasteiger partial charge is 0.231 e. The van der Waals surface area contributed by atoms with Crippen LogP contribution in [0.2, 0.25) is 5.02 Å². The third-order valence-corrected chi connectivity index (χ3v) is 5.11. The standard InChI is InChI=1S/C19H24ClN7/c20-13-2-1-3-15(12-13)24-19-25-17-16(4-8-22-17)18(26-19)23-14-5-9-27(10-6-14)11-7-21/h1-4,8,12,14H,5-7,9-11,21H2,(H3,22,23,24,25,26). The SMILES string of the molecule is NCCN1CCC(Nc2nc(Nc3cccc(Cl)c3)nc3[nH]ccc23)CC1. The van der Waals surface area contributed by atoms with E-state index in [1.165, 1.54) is 0 Å². The van der Waals surface area contributed by atoms with Crippen LogP contribution < -0.4 is 16.4 Å². The summed E-state index contributed by atoms with van der Waals surface area (Å²) in [5, 5.41) is 8.52. The van der Waals surface area contributed by atoms with E-state index >= 15 is 0 Å². The van der Waals surface area contributed by atoms with Gasteiger partial charge >= 0.3 is 0 Å². The second-order valence-electron chi connectivity index (χ2n) is 6.82. The average Bonchev–Trinajstić information content (AvgIpc) is 3.12. The van der Waals surface area contributed by atoms with Gasteiger partial charge in [-0.2, -0.15) is 9.97 Å². The highest BCUT2D eigenvalue weighted by molar-refractivity contribution is 6.30. The Hall–Kier alpha value is -2.35. The number of nitrogens with two attached hydrogens (primary N) is 1. The first kappa shape index (κ1) is 18.0. The van der Waals surface area contributed by atoms with Crippen molar-refractivity contribution < 1.29 is 0 Å². The highest BCUT2D eigenvalue weighted by Gasteiger charge is 2.20. The van der Waals surface area contributed by atoms with Gasteiger partial charge in [0.25, 0.3) is 0 Å². The van der Waals surface area contributed by atoms with Crippen molar-refractivity contribution in [1.29, 1.82) is 0 Å². The van der Waals surface area contributed by atoms with Gasteiger partial charge < -0.3 is 26.3 Å². The molecule has 0 atom stereocenters. The van der Waals surface area contributed by atoms with Gasteiger partial charge in [0.1, 0.15) is 11.5 Å². The fourth-order valence-corrected chi connectivity index (χ4v) is 3.67. The number of halogens is 1. The quantitative estimate of drug-likeness (QED) is 0.520. The van der Waals surface area contributed by atoms with Crippen molar-refractivity contribution >= 4 is 40.1 Å². The number of hydrogen-bond acceptors (Lipinski definition) is 6. The second-order valence-corrected chi connectivity index (χ2v) is 7.26. The number of aromatic amines is 1. The molecule has 3 heterocycles. The van der Waals surface area contributed by atoms with Gasteiger partial charge in [-0.05, 0) is 37.1 Å². The number of benzene rings is 1. The van der Waals surface area contributed by atoms with E-state index in [9.17, 15) is 0 Å². The van der Waals surface area contributed by atoms with Gasteiger partial charge in [-0.15, -0.1) is 0 Å². The molecule has 2 aromatic heterocycles. The Morgan fingerprint density at radius 3 is 2.85 bits per heavy atom. The first-order valence-electron chi connectivity index (χ1n) is 9.28. The summed E-state index contributed by atoms with van der Waals surface area (Å²) in [5.74, 6) is 1.39.